The molecule has 2 aromatic heterocycles. The molecule has 0 bridgehead atoms. The lowest BCUT2D eigenvalue weighted by Gasteiger charge is -2.25. The van der Waals surface area contributed by atoms with Gasteiger partial charge in [-0.2, -0.15) is 10.1 Å². The Morgan fingerprint density at radius 1 is 1.36 bits per heavy atom. The van der Waals surface area contributed by atoms with Crippen molar-refractivity contribution in [2.45, 2.75) is 52.7 Å². The van der Waals surface area contributed by atoms with Crippen molar-refractivity contribution in [2.75, 3.05) is 19.6 Å². The maximum Gasteiger partial charge on any atom is 0.249 e. The third-order valence-corrected chi connectivity index (χ3v) is 4.58. The molecule has 0 N–H and O–H groups in total. The van der Waals surface area contributed by atoms with E-state index in [1.807, 2.05) is 15.8 Å². The van der Waals surface area contributed by atoms with Gasteiger partial charge in [-0.15, -0.1) is 0 Å². The van der Waals surface area contributed by atoms with Gasteiger partial charge in [0.05, 0.1) is 6.20 Å². The maximum atomic E-state index is 12.1. The Hall–Kier alpha value is -2.22. The Bertz CT molecular complexity index is 722. The number of hydrogen-bond donors (Lipinski definition) is 0. The summed E-state index contributed by atoms with van der Waals surface area (Å²) in [5.41, 5.74) is 1.19. The predicted molar refractivity (Wildman–Crippen MR) is 91.7 cm³/mol. The van der Waals surface area contributed by atoms with Crippen LogP contribution < -0.4 is 0 Å². The zero-order valence-corrected chi connectivity index (χ0v) is 15.3. The van der Waals surface area contributed by atoms with E-state index in [9.17, 15) is 4.79 Å². The molecule has 1 aliphatic rings. The van der Waals surface area contributed by atoms with Gasteiger partial charge in [0.15, 0.2) is 5.82 Å². The number of carbonyl (C=O) groups is 1. The summed E-state index contributed by atoms with van der Waals surface area (Å²) in [5.74, 6) is 1.17. The van der Waals surface area contributed by atoms with Gasteiger partial charge >= 0.3 is 0 Å². The van der Waals surface area contributed by atoms with Crippen molar-refractivity contribution in [1.82, 2.24) is 29.7 Å². The Morgan fingerprint density at radius 2 is 2.16 bits per heavy atom. The number of rotatable bonds is 4. The number of carbonyl (C=O) groups excluding carboxylic acids is 1. The smallest absolute Gasteiger partial charge is 0.249 e. The molecule has 3 rings (SSSR count). The van der Waals surface area contributed by atoms with E-state index in [0.717, 1.165) is 26.1 Å². The van der Waals surface area contributed by atoms with E-state index >= 15 is 0 Å². The van der Waals surface area contributed by atoms with Crippen LogP contribution in [0, 0.1) is 6.92 Å². The van der Waals surface area contributed by atoms with E-state index in [2.05, 4.69) is 40.2 Å². The molecule has 0 spiro atoms. The van der Waals surface area contributed by atoms with Crippen molar-refractivity contribution < 1.29 is 9.32 Å². The lowest BCUT2D eigenvalue weighted by atomic mass is 10.1. The fraction of sp³-hybridized carbons (Fsp3) is 0.647. The highest BCUT2D eigenvalue weighted by Gasteiger charge is 2.31. The fourth-order valence-electron chi connectivity index (χ4n) is 3.22. The molecule has 0 saturated carbocycles. The van der Waals surface area contributed by atoms with Crippen LogP contribution in [0.1, 0.15) is 56.6 Å². The zero-order valence-electron chi connectivity index (χ0n) is 15.3. The number of aromatic nitrogens is 4. The summed E-state index contributed by atoms with van der Waals surface area (Å²) in [5, 5.41) is 8.28. The van der Waals surface area contributed by atoms with E-state index in [-0.39, 0.29) is 11.9 Å². The lowest BCUT2D eigenvalue weighted by Crippen LogP contribution is -2.35. The minimum Gasteiger partial charge on any atom is -0.337 e. The molecule has 1 fully saturated rings. The second-order valence-electron chi connectivity index (χ2n) is 6.90. The van der Waals surface area contributed by atoms with Crippen molar-refractivity contribution in [3.8, 4) is 0 Å². The second kappa shape index (κ2) is 7.35. The zero-order chi connectivity index (χ0) is 18.0. The molecule has 1 amide bonds. The average molecular weight is 346 g/mol. The van der Waals surface area contributed by atoms with Gasteiger partial charge in [-0.25, -0.2) is 0 Å². The van der Waals surface area contributed by atoms with E-state index in [0.29, 0.717) is 24.3 Å². The van der Waals surface area contributed by atoms with E-state index in [1.54, 1.807) is 13.8 Å². The first kappa shape index (κ1) is 17.6. The summed E-state index contributed by atoms with van der Waals surface area (Å²) in [6.07, 6.45) is 4.79. The monoisotopic (exact) mass is 346 g/mol. The van der Waals surface area contributed by atoms with Gasteiger partial charge in [-0.3, -0.25) is 14.4 Å². The fourth-order valence-corrected chi connectivity index (χ4v) is 3.22. The van der Waals surface area contributed by atoms with Crippen molar-refractivity contribution in [1.29, 1.82) is 0 Å². The van der Waals surface area contributed by atoms with Crippen LogP contribution in [0.15, 0.2) is 16.9 Å². The van der Waals surface area contributed by atoms with Crippen LogP contribution >= 0.6 is 0 Å². The second-order valence-corrected chi connectivity index (χ2v) is 6.90. The minimum atomic E-state index is -0.151. The van der Waals surface area contributed by atoms with E-state index in [1.165, 1.54) is 5.56 Å². The van der Waals surface area contributed by atoms with Gasteiger partial charge in [0.1, 0.15) is 6.04 Å². The van der Waals surface area contributed by atoms with Gasteiger partial charge in [-0.1, -0.05) is 5.16 Å². The summed E-state index contributed by atoms with van der Waals surface area (Å²) in [4.78, 5) is 20.6. The molecular weight excluding hydrogens is 320 g/mol. The molecule has 0 aliphatic carbocycles. The van der Waals surface area contributed by atoms with E-state index < -0.39 is 0 Å². The highest BCUT2D eigenvalue weighted by atomic mass is 16.5. The maximum absolute atomic E-state index is 12.1. The Kier molecular flexibility index (Phi) is 5.17. The van der Waals surface area contributed by atoms with Crippen LogP contribution in [-0.2, 0) is 11.3 Å². The molecule has 8 heteroatoms. The SMILES string of the molecule is CC(=O)N1CCN(Cc2cnn(C(C)C)c2)CCC1c1nc(C)no1. The van der Waals surface area contributed by atoms with Gasteiger partial charge in [0.2, 0.25) is 11.8 Å². The quantitative estimate of drug-likeness (QED) is 0.842. The van der Waals surface area contributed by atoms with Crippen molar-refractivity contribution in [3.05, 3.63) is 29.7 Å². The molecule has 0 aromatic carbocycles. The first-order chi connectivity index (χ1) is 11.9. The van der Waals surface area contributed by atoms with Crippen molar-refractivity contribution in [3.63, 3.8) is 0 Å². The number of hydrogen-bond acceptors (Lipinski definition) is 6. The van der Waals surface area contributed by atoms with Crippen LogP contribution in [0.4, 0.5) is 0 Å². The summed E-state index contributed by atoms with van der Waals surface area (Å²) in [6, 6.07) is 0.207. The molecule has 1 aliphatic heterocycles. The van der Waals surface area contributed by atoms with Gasteiger partial charge in [-0.05, 0) is 27.2 Å². The molecule has 1 atom stereocenters. The van der Waals surface area contributed by atoms with Crippen molar-refractivity contribution >= 4 is 5.91 Å². The van der Waals surface area contributed by atoms with Crippen LogP contribution in [-0.4, -0.2) is 55.3 Å². The summed E-state index contributed by atoms with van der Waals surface area (Å²) >= 11 is 0. The third kappa shape index (κ3) is 4.07. The first-order valence-electron chi connectivity index (χ1n) is 8.77. The van der Waals surface area contributed by atoms with Gasteiger partial charge in [0, 0.05) is 50.9 Å². The minimum absolute atomic E-state index is 0.0373. The van der Waals surface area contributed by atoms with Gasteiger partial charge < -0.3 is 9.42 Å². The summed E-state index contributed by atoms with van der Waals surface area (Å²) in [6.45, 7) is 10.8. The molecule has 1 unspecified atom stereocenters. The highest BCUT2D eigenvalue weighted by Crippen LogP contribution is 2.26. The molecule has 136 valence electrons. The molecule has 8 nitrogen and oxygen atoms in total. The van der Waals surface area contributed by atoms with Crippen LogP contribution in [0.2, 0.25) is 0 Å². The van der Waals surface area contributed by atoms with Crippen LogP contribution in [0.25, 0.3) is 0 Å². The average Bonchev–Trinajstić information content (AvgIpc) is 3.13. The van der Waals surface area contributed by atoms with Crippen LogP contribution in [0.5, 0.6) is 0 Å². The van der Waals surface area contributed by atoms with Crippen LogP contribution in [0.3, 0.4) is 0 Å². The van der Waals surface area contributed by atoms with Gasteiger partial charge in [0.25, 0.3) is 0 Å². The Balaban J connectivity index is 1.70. The lowest BCUT2D eigenvalue weighted by molar-refractivity contribution is -0.131. The van der Waals surface area contributed by atoms with Crippen molar-refractivity contribution in [2.24, 2.45) is 0 Å². The largest absolute Gasteiger partial charge is 0.337 e. The topological polar surface area (TPSA) is 80.3 Å². The molecule has 1 saturated heterocycles. The predicted octanol–water partition coefficient (Wildman–Crippen LogP) is 1.95. The third-order valence-electron chi connectivity index (χ3n) is 4.58. The first-order valence-corrected chi connectivity index (χ1v) is 8.77. The number of aryl methyl sites for hydroxylation is 1. The number of amides is 1. The molecule has 0 radical (unpaired) electrons. The summed E-state index contributed by atoms with van der Waals surface area (Å²) in [7, 11) is 0. The normalized spacial score (nSPS) is 19.4. The Morgan fingerprint density at radius 3 is 2.76 bits per heavy atom. The molecule has 2 aromatic rings. The molecule has 3 heterocycles. The standard InChI is InChI=1S/C17H26N6O2/c1-12(2)23-11-15(9-18-23)10-21-6-5-16(17-19-13(3)20-25-17)22(8-7-21)14(4)24/h9,11-12,16H,5-8,10H2,1-4H3. The molecular formula is C17H26N6O2. The van der Waals surface area contributed by atoms with E-state index in [4.69, 9.17) is 4.52 Å². The number of nitrogens with zero attached hydrogens (tertiary/aromatic N) is 6. The molecule has 25 heavy (non-hydrogen) atoms. The Labute approximate surface area is 147 Å². The highest BCUT2D eigenvalue weighted by molar-refractivity contribution is 5.73. The summed E-state index contributed by atoms with van der Waals surface area (Å²) < 4.78 is 7.31.